The van der Waals surface area contributed by atoms with Gasteiger partial charge in [-0.25, -0.2) is 0 Å². The van der Waals surface area contributed by atoms with E-state index in [9.17, 15) is 18.0 Å². The summed E-state index contributed by atoms with van der Waals surface area (Å²) >= 11 is 0. The Kier molecular flexibility index (Phi) is 4.36. The molecule has 8 heteroatoms. The second kappa shape index (κ2) is 5.99. The highest BCUT2D eigenvalue weighted by Crippen LogP contribution is 2.59. The van der Waals surface area contributed by atoms with Gasteiger partial charge in [-0.3, -0.25) is 9.48 Å². The van der Waals surface area contributed by atoms with Gasteiger partial charge in [0.15, 0.2) is 0 Å². The number of hydrogen-bond donors (Lipinski definition) is 0. The molecule has 1 aromatic rings. The van der Waals surface area contributed by atoms with E-state index in [-0.39, 0.29) is 18.3 Å². The normalized spacial score (nSPS) is 22.3. The smallest absolute Gasteiger partial charge is 0.342 e. The van der Waals surface area contributed by atoms with E-state index in [0.29, 0.717) is 31.8 Å². The summed E-state index contributed by atoms with van der Waals surface area (Å²) in [6.45, 7) is 7.70. The van der Waals surface area contributed by atoms with Crippen LogP contribution in [0.4, 0.5) is 13.2 Å². The van der Waals surface area contributed by atoms with Gasteiger partial charge in [-0.15, -0.1) is 5.10 Å². The molecule has 1 amide bonds. The molecule has 2 aliphatic rings. The summed E-state index contributed by atoms with van der Waals surface area (Å²) < 4.78 is 41.3. The molecule has 1 saturated carbocycles. The molecule has 0 spiro atoms. The Morgan fingerprint density at radius 3 is 2.32 bits per heavy atom. The SMILES string of the molecule is CC(C)Cn1cc(C2(C)CCN(C(=O)C3(C(F)(F)F)CC3)CC2)nn1. The minimum Gasteiger partial charge on any atom is -0.342 e. The van der Waals surface area contributed by atoms with Crippen LogP contribution in [-0.2, 0) is 16.8 Å². The van der Waals surface area contributed by atoms with Crippen molar-refractivity contribution in [3.8, 4) is 0 Å². The van der Waals surface area contributed by atoms with Crippen LogP contribution in [0.5, 0.6) is 0 Å². The van der Waals surface area contributed by atoms with Crippen molar-refractivity contribution in [1.29, 1.82) is 0 Å². The third kappa shape index (κ3) is 3.27. The van der Waals surface area contributed by atoms with Gasteiger partial charge in [-0.2, -0.15) is 13.2 Å². The van der Waals surface area contributed by atoms with E-state index in [1.54, 1.807) is 0 Å². The van der Waals surface area contributed by atoms with E-state index < -0.39 is 17.5 Å². The van der Waals surface area contributed by atoms with Crippen LogP contribution in [0.3, 0.4) is 0 Å². The zero-order valence-electron chi connectivity index (χ0n) is 14.9. The maximum atomic E-state index is 13.2. The highest BCUT2D eigenvalue weighted by Gasteiger charge is 2.69. The number of carbonyl (C=O) groups excluding carboxylic acids is 1. The molecule has 0 radical (unpaired) electrons. The number of piperidine rings is 1. The van der Waals surface area contributed by atoms with Crippen molar-refractivity contribution in [2.45, 2.75) is 64.6 Å². The molecule has 1 aromatic heterocycles. The molecule has 25 heavy (non-hydrogen) atoms. The molecule has 140 valence electrons. The lowest BCUT2D eigenvalue weighted by Gasteiger charge is -2.39. The minimum absolute atomic E-state index is 0.0768. The summed E-state index contributed by atoms with van der Waals surface area (Å²) in [6.07, 6.45) is -1.46. The lowest BCUT2D eigenvalue weighted by molar-refractivity contribution is -0.199. The van der Waals surface area contributed by atoms with Crippen molar-refractivity contribution < 1.29 is 18.0 Å². The largest absolute Gasteiger partial charge is 0.403 e. The first-order valence-corrected chi connectivity index (χ1v) is 8.84. The molecule has 0 N–H and O–H groups in total. The van der Waals surface area contributed by atoms with Crippen molar-refractivity contribution in [2.24, 2.45) is 11.3 Å². The quantitative estimate of drug-likeness (QED) is 0.831. The van der Waals surface area contributed by atoms with E-state index in [4.69, 9.17) is 0 Å². The average molecular weight is 358 g/mol. The molecule has 0 atom stereocenters. The van der Waals surface area contributed by atoms with Gasteiger partial charge < -0.3 is 4.90 Å². The Hall–Kier alpha value is -1.60. The predicted octanol–water partition coefficient (Wildman–Crippen LogP) is 3.16. The fraction of sp³-hybridized carbons (Fsp3) is 0.824. The van der Waals surface area contributed by atoms with Crippen molar-refractivity contribution in [3.05, 3.63) is 11.9 Å². The summed E-state index contributed by atoms with van der Waals surface area (Å²) in [4.78, 5) is 13.8. The molecule has 1 aliphatic heterocycles. The van der Waals surface area contributed by atoms with Gasteiger partial charge in [0.05, 0.1) is 5.69 Å². The van der Waals surface area contributed by atoms with Gasteiger partial charge in [0.1, 0.15) is 5.41 Å². The van der Waals surface area contributed by atoms with E-state index in [0.717, 1.165) is 12.2 Å². The number of likely N-dealkylation sites (tertiary alicyclic amines) is 1. The number of aromatic nitrogens is 3. The van der Waals surface area contributed by atoms with Crippen LogP contribution in [-0.4, -0.2) is 45.1 Å². The second-order valence-electron chi connectivity index (χ2n) is 8.15. The van der Waals surface area contributed by atoms with Crippen LogP contribution < -0.4 is 0 Å². The maximum Gasteiger partial charge on any atom is 0.403 e. The molecule has 3 rings (SSSR count). The van der Waals surface area contributed by atoms with Gasteiger partial charge in [0.2, 0.25) is 5.91 Å². The Labute approximate surface area is 145 Å². The summed E-state index contributed by atoms with van der Waals surface area (Å²) in [6, 6.07) is 0. The molecule has 0 unspecified atom stereocenters. The molecule has 5 nitrogen and oxygen atoms in total. The zero-order chi connectivity index (χ0) is 18.5. The molecule has 2 heterocycles. The van der Waals surface area contributed by atoms with Gasteiger partial charge in [-0.1, -0.05) is 26.0 Å². The van der Waals surface area contributed by atoms with Crippen LogP contribution in [0.2, 0.25) is 0 Å². The number of carbonyl (C=O) groups is 1. The standard InChI is InChI=1S/C17H25F3N4O/c1-12(2)10-24-11-13(21-22-24)15(3)6-8-23(9-7-15)14(25)16(4-5-16)17(18,19)20/h11-12H,4-10H2,1-3H3. The first-order chi connectivity index (χ1) is 11.6. The first kappa shape index (κ1) is 18.2. The van der Waals surface area contributed by atoms with Crippen molar-refractivity contribution in [2.75, 3.05) is 13.1 Å². The van der Waals surface area contributed by atoms with Crippen LogP contribution >= 0.6 is 0 Å². The highest BCUT2D eigenvalue weighted by atomic mass is 19.4. The number of hydrogen-bond acceptors (Lipinski definition) is 3. The number of nitrogens with zero attached hydrogens (tertiary/aromatic N) is 4. The summed E-state index contributed by atoms with van der Waals surface area (Å²) in [5.74, 6) is -0.288. The number of alkyl halides is 3. The van der Waals surface area contributed by atoms with Crippen LogP contribution in [0.25, 0.3) is 0 Å². The van der Waals surface area contributed by atoms with Gasteiger partial charge in [0, 0.05) is 31.2 Å². The molecule has 0 aromatic carbocycles. The van der Waals surface area contributed by atoms with Crippen molar-refractivity contribution in [1.82, 2.24) is 19.9 Å². The topological polar surface area (TPSA) is 51.0 Å². The first-order valence-electron chi connectivity index (χ1n) is 8.84. The van der Waals surface area contributed by atoms with E-state index in [1.807, 2.05) is 10.9 Å². The summed E-state index contributed by atoms with van der Waals surface area (Å²) in [5, 5.41) is 8.41. The van der Waals surface area contributed by atoms with E-state index in [1.165, 1.54) is 4.90 Å². The highest BCUT2D eigenvalue weighted by molar-refractivity contribution is 5.86. The van der Waals surface area contributed by atoms with Crippen LogP contribution in [0, 0.1) is 11.3 Å². The second-order valence-corrected chi connectivity index (χ2v) is 8.15. The Morgan fingerprint density at radius 1 is 1.24 bits per heavy atom. The molecular formula is C17H25F3N4O. The third-order valence-corrected chi connectivity index (χ3v) is 5.57. The zero-order valence-corrected chi connectivity index (χ0v) is 14.9. The lowest BCUT2D eigenvalue weighted by Crippen LogP contribution is -2.49. The van der Waals surface area contributed by atoms with Gasteiger partial charge in [0.25, 0.3) is 0 Å². The van der Waals surface area contributed by atoms with Crippen LogP contribution in [0.15, 0.2) is 6.20 Å². The molecule has 1 aliphatic carbocycles. The fourth-order valence-corrected chi connectivity index (χ4v) is 3.54. The average Bonchev–Trinajstić information content (AvgIpc) is 3.21. The summed E-state index contributed by atoms with van der Waals surface area (Å²) in [5.41, 5.74) is -1.50. The molecule has 0 bridgehead atoms. The Balaban J connectivity index is 1.65. The number of amides is 1. The lowest BCUT2D eigenvalue weighted by atomic mass is 9.77. The summed E-state index contributed by atoms with van der Waals surface area (Å²) in [7, 11) is 0. The Bertz CT molecular complexity index is 641. The molecular weight excluding hydrogens is 333 g/mol. The minimum atomic E-state index is -4.44. The Morgan fingerprint density at radius 2 is 1.84 bits per heavy atom. The van der Waals surface area contributed by atoms with Gasteiger partial charge in [-0.05, 0) is 31.6 Å². The fourth-order valence-electron chi connectivity index (χ4n) is 3.54. The molecule has 1 saturated heterocycles. The van der Waals surface area contributed by atoms with E-state index in [2.05, 4.69) is 31.1 Å². The van der Waals surface area contributed by atoms with E-state index >= 15 is 0 Å². The maximum absolute atomic E-state index is 13.2. The monoisotopic (exact) mass is 358 g/mol. The third-order valence-electron chi connectivity index (χ3n) is 5.57. The van der Waals surface area contributed by atoms with Crippen molar-refractivity contribution in [3.63, 3.8) is 0 Å². The number of halogens is 3. The predicted molar refractivity (Wildman–Crippen MR) is 85.7 cm³/mol. The molecule has 2 fully saturated rings. The van der Waals surface area contributed by atoms with Crippen LogP contribution in [0.1, 0.15) is 52.1 Å². The van der Waals surface area contributed by atoms with Crippen molar-refractivity contribution >= 4 is 5.91 Å². The van der Waals surface area contributed by atoms with Gasteiger partial charge >= 0.3 is 6.18 Å². The number of rotatable bonds is 4.